The lowest BCUT2D eigenvalue weighted by molar-refractivity contribution is 1.18. The van der Waals surface area contributed by atoms with Crippen LogP contribution in [-0.4, -0.2) is 5.75 Å². The SMILES string of the molecule is Cc1cc(CCS)cs1. The zero-order valence-electron chi connectivity index (χ0n) is 5.42. The van der Waals surface area contributed by atoms with E-state index < -0.39 is 0 Å². The summed E-state index contributed by atoms with van der Waals surface area (Å²) in [4.78, 5) is 1.40. The monoisotopic (exact) mass is 158 g/mol. The van der Waals surface area contributed by atoms with Crippen LogP contribution in [0, 0.1) is 6.92 Å². The van der Waals surface area contributed by atoms with E-state index in [4.69, 9.17) is 0 Å². The maximum Gasteiger partial charge on any atom is 0.00170 e. The van der Waals surface area contributed by atoms with Gasteiger partial charge in [-0.25, -0.2) is 0 Å². The third-order valence-corrected chi connectivity index (χ3v) is 2.32. The molecule has 0 saturated heterocycles. The molecule has 0 aliphatic heterocycles. The molecule has 0 N–H and O–H groups in total. The predicted molar refractivity (Wildman–Crippen MR) is 46.6 cm³/mol. The molecule has 1 rings (SSSR count). The molecule has 0 saturated carbocycles. The summed E-state index contributed by atoms with van der Waals surface area (Å²) in [5.41, 5.74) is 1.42. The molecule has 0 aliphatic carbocycles. The van der Waals surface area contributed by atoms with Crippen LogP contribution in [0.1, 0.15) is 10.4 Å². The smallest absolute Gasteiger partial charge is 0.00170 e. The van der Waals surface area contributed by atoms with Crippen molar-refractivity contribution < 1.29 is 0 Å². The lowest BCUT2D eigenvalue weighted by Crippen LogP contribution is -1.79. The normalized spacial score (nSPS) is 10.0. The average Bonchev–Trinajstić information content (AvgIpc) is 2.17. The predicted octanol–water partition coefficient (Wildman–Crippen LogP) is 2.53. The van der Waals surface area contributed by atoms with Crippen molar-refractivity contribution in [3.63, 3.8) is 0 Å². The molecular formula is C7H10S2. The summed E-state index contributed by atoms with van der Waals surface area (Å²) in [6.45, 7) is 2.13. The first-order valence-electron chi connectivity index (χ1n) is 2.98. The van der Waals surface area contributed by atoms with Gasteiger partial charge in [0.1, 0.15) is 0 Å². The van der Waals surface area contributed by atoms with Crippen molar-refractivity contribution in [2.24, 2.45) is 0 Å². The van der Waals surface area contributed by atoms with E-state index in [1.807, 2.05) is 11.3 Å². The minimum atomic E-state index is 0.955. The van der Waals surface area contributed by atoms with Gasteiger partial charge in [0.2, 0.25) is 0 Å². The topological polar surface area (TPSA) is 0 Å². The largest absolute Gasteiger partial charge is 0.179 e. The van der Waals surface area contributed by atoms with E-state index in [9.17, 15) is 0 Å². The summed E-state index contributed by atoms with van der Waals surface area (Å²) in [7, 11) is 0. The van der Waals surface area contributed by atoms with E-state index >= 15 is 0 Å². The third-order valence-electron chi connectivity index (χ3n) is 1.19. The summed E-state index contributed by atoms with van der Waals surface area (Å²) < 4.78 is 0. The average molecular weight is 158 g/mol. The molecule has 0 aliphatic rings. The minimum Gasteiger partial charge on any atom is -0.179 e. The Morgan fingerprint density at radius 3 is 2.89 bits per heavy atom. The van der Waals surface area contributed by atoms with E-state index in [0.717, 1.165) is 12.2 Å². The molecule has 0 unspecified atom stereocenters. The zero-order valence-corrected chi connectivity index (χ0v) is 7.14. The van der Waals surface area contributed by atoms with Gasteiger partial charge in [-0.15, -0.1) is 11.3 Å². The van der Waals surface area contributed by atoms with Crippen molar-refractivity contribution in [2.75, 3.05) is 5.75 Å². The van der Waals surface area contributed by atoms with E-state index in [2.05, 4.69) is 31.0 Å². The Kier molecular flexibility index (Phi) is 2.61. The van der Waals surface area contributed by atoms with E-state index in [0.29, 0.717) is 0 Å². The Morgan fingerprint density at radius 1 is 1.67 bits per heavy atom. The second-order valence-corrected chi connectivity index (χ2v) is 3.60. The first-order chi connectivity index (χ1) is 4.33. The van der Waals surface area contributed by atoms with Crippen LogP contribution >= 0.6 is 24.0 Å². The fraction of sp³-hybridized carbons (Fsp3) is 0.429. The maximum atomic E-state index is 4.15. The highest BCUT2D eigenvalue weighted by Crippen LogP contribution is 2.13. The molecule has 0 spiro atoms. The van der Waals surface area contributed by atoms with Gasteiger partial charge in [0, 0.05) is 4.88 Å². The second kappa shape index (κ2) is 3.28. The van der Waals surface area contributed by atoms with Crippen molar-refractivity contribution >= 4 is 24.0 Å². The van der Waals surface area contributed by atoms with E-state index in [1.54, 1.807) is 0 Å². The number of aryl methyl sites for hydroxylation is 2. The molecule has 50 valence electrons. The highest BCUT2D eigenvalue weighted by molar-refractivity contribution is 7.80. The van der Waals surface area contributed by atoms with Gasteiger partial charge < -0.3 is 0 Å². The molecule has 1 heterocycles. The van der Waals surface area contributed by atoms with Crippen LogP contribution in [0.5, 0.6) is 0 Å². The Hall–Kier alpha value is 0.0500. The van der Waals surface area contributed by atoms with Gasteiger partial charge in [-0.05, 0) is 36.1 Å². The fourth-order valence-electron chi connectivity index (χ4n) is 0.758. The molecular weight excluding hydrogens is 148 g/mol. The Balaban J connectivity index is 2.61. The Bertz CT molecular complexity index is 179. The van der Waals surface area contributed by atoms with Crippen molar-refractivity contribution in [3.8, 4) is 0 Å². The fourth-order valence-corrected chi connectivity index (χ4v) is 1.76. The van der Waals surface area contributed by atoms with Crippen LogP contribution in [-0.2, 0) is 6.42 Å². The molecule has 9 heavy (non-hydrogen) atoms. The summed E-state index contributed by atoms with van der Waals surface area (Å²) >= 11 is 5.96. The van der Waals surface area contributed by atoms with Crippen LogP contribution < -0.4 is 0 Å². The standard InChI is InChI=1S/C7H10S2/c1-6-4-7(2-3-8)5-9-6/h4-5,8H,2-3H2,1H3. The summed E-state index contributed by atoms with van der Waals surface area (Å²) in [5.74, 6) is 0.955. The number of hydrogen-bond donors (Lipinski definition) is 1. The zero-order chi connectivity index (χ0) is 6.69. The molecule has 0 fully saturated rings. The molecule has 0 atom stereocenters. The summed E-state index contributed by atoms with van der Waals surface area (Å²) in [6, 6.07) is 2.22. The number of hydrogen-bond acceptors (Lipinski definition) is 2. The van der Waals surface area contributed by atoms with Gasteiger partial charge in [-0.2, -0.15) is 12.6 Å². The van der Waals surface area contributed by atoms with Crippen molar-refractivity contribution in [1.29, 1.82) is 0 Å². The minimum absolute atomic E-state index is 0.955. The van der Waals surface area contributed by atoms with Crippen LogP contribution in [0.4, 0.5) is 0 Å². The van der Waals surface area contributed by atoms with Crippen LogP contribution in [0.2, 0.25) is 0 Å². The molecule has 0 bridgehead atoms. The molecule has 2 heteroatoms. The Labute approximate surface area is 65.3 Å². The quantitative estimate of drug-likeness (QED) is 0.628. The summed E-state index contributed by atoms with van der Waals surface area (Å²) in [5, 5.41) is 2.20. The highest BCUT2D eigenvalue weighted by Gasteiger charge is 1.92. The van der Waals surface area contributed by atoms with Crippen LogP contribution in [0.25, 0.3) is 0 Å². The lowest BCUT2D eigenvalue weighted by Gasteiger charge is -1.86. The van der Waals surface area contributed by atoms with Gasteiger partial charge in [0.15, 0.2) is 0 Å². The summed E-state index contributed by atoms with van der Waals surface area (Å²) in [6.07, 6.45) is 1.10. The number of rotatable bonds is 2. The molecule has 0 amide bonds. The highest BCUT2D eigenvalue weighted by atomic mass is 32.1. The lowest BCUT2D eigenvalue weighted by atomic mass is 10.2. The molecule has 1 aromatic rings. The van der Waals surface area contributed by atoms with Gasteiger partial charge >= 0.3 is 0 Å². The van der Waals surface area contributed by atoms with E-state index in [-0.39, 0.29) is 0 Å². The number of thiol groups is 1. The molecule has 0 radical (unpaired) electrons. The van der Waals surface area contributed by atoms with Crippen LogP contribution in [0.3, 0.4) is 0 Å². The number of thiophene rings is 1. The first kappa shape index (κ1) is 7.16. The van der Waals surface area contributed by atoms with Crippen molar-refractivity contribution in [2.45, 2.75) is 13.3 Å². The van der Waals surface area contributed by atoms with Gasteiger partial charge in [0.05, 0.1) is 0 Å². The van der Waals surface area contributed by atoms with E-state index in [1.165, 1.54) is 10.4 Å². The van der Waals surface area contributed by atoms with Crippen molar-refractivity contribution in [3.05, 3.63) is 21.9 Å². The van der Waals surface area contributed by atoms with Crippen LogP contribution in [0.15, 0.2) is 11.4 Å². The molecule has 1 aromatic heterocycles. The van der Waals surface area contributed by atoms with Gasteiger partial charge in [0.25, 0.3) is 0 Å². The maximum absolute atomic E-state index is 4.15. The van der Waals surface area contributed by atoms with Crippen molar-refractivity contribution in [1.82, 2.24) is 0 Å². The van der Waals surface area contributed by atoms with Gasteiger partial charge in [-0.3, -0.25) is 0 Å². The first-order valence-corrected chi connectivity index (χ1v) is 4.49. The second-order valence-electron chi connectivity index (χ2n) is 2.04. The third kappa shape index (κ3) is 2.03. The van der Waals surface area contributed by atoms with Gasteiger partial charge in [-0.1, -0.05) is 0 Å². The molecule has 0 nitrogen and oxygen atoms in total. The Morgan fingerprint density at radius 2 is 2.44 bits per heavy atom. The molecule has 0 aromatic carbocycles.